The summed E-state index contributed by atoms with van der Waals surface area (Å²) in [6.45, 7) is 1.98. The van der Waals surface area contributed by atoms with Crippen molar-refractivity contribution in [3.05, 3.63) is 40.1 Å². The Balaban J connectivity index is 2.52. The molecule has 0 aliphatic heterocycles. The molecule has 0 aliphatic carbocycles. The highest BCUT2D eigenvalue weighted by Gasteiger charge is 2.15. The summed E-state index contributed by atoms with van der Waals surface area (Å²) >= 11 is 0. The number of para-hydroxylation sites is 1. The van der Waals surface area contributed by atoms with Crippen molar-refractivity contribution < 1.29 is 9.90 Å². The Morgan fingerprint density at radius 3 is 2.95 bits per heavy atom. The van der Waals surface area contributed by atoms with Crippen LogP contribution in [0.2, 0.25) is 0 Å². The van der Waals surface area contributed by atoms with E-state index in [1.807, 2.05) is 19.1 Å². The first kappa shape index (κ1) is 11.4. The van der Waals surface area contributed by atoms with Gasteiger partial charge in [-0.1, -0.05) is 19.1 Å². The molecule has 7 heteroatoms. The van der Waals surface area contributed by atoms with Gasteiger partial charge < -0.3 is 10.1 Å². The molecule has 0 radical (unpaired) electrons. The number of rotatable bonds is 2. The Bertz CT molecular complexity index is 862. The van der Waals surface area contributed by atoms with Gasteiger partial charge in [0.1, 0.15) is 0 Å². The topological polar surface area (TPSA) is 100 Å². The van der Waals surface area contributed by atoms with Gasteiger partial charge in [-0.25, -0.2) is 14.6 Å². The summed E-state index contributed by atoms with van der Waals surface area (Å²) in [7, 11) is 0. The minimum atomic E-state index is -1.26. The Morgan fingerprint density at radius 1 is 1.47 bits per heavy atom. The molecule has 0 amide bonds. The van der Waals surface area contributed by atoms with E-state index in [-0.39, 0.29) is 11.5 Å². The van der Waals surface area contributed by atoms with Crippen LogP contribution in [-0.2, 0) is 6.42 Å². The van der Waals surface area contributed by atoms with Crippen LogP contribution in [0.3, 0.4) is 0 Å². The van der Waals surface area contributed by atoms with Crippen molar-refractivity contribution in [2.75, 3.05) is 0 Å². The number of aryl methyl sites for hydroxylation is 1. The highest BCUT2D eigenvalue weighted by atomic mass is 16.4. The summed E-state index contributed by atoms with van der Waals surface area (Å²) < 4.78 is 0.977. The molecular weight excluding hydrogens is 248 g/mol. The second-order valence-electron chi connectivity index (χ2n) is 4.10. The number of carboxylic acids is 1. The molecule has 0 unspecified atom stereocenters. The highest BCUT2D eigenvalue weighted by molar-refractivity contribution is 5.94. The van der Waals surface area contributed by atoms with Gasteiger partial charge >= 0.3 is 11.7 Å². The molecule has 1 aromatic carbocycles. The maximum atomic E-state index is 11.9. The second kappa shape index (κ2) is 3.91. The zero-order valence-corrected chi connectivity index (χ0v) is 10.0. The first-order valence-corrected chi connectivity index (χ1v) is 5.75. The number of fused-ring (bicyclic) bond motifs is 3. The molecule has 0 saturated heterocycles. The number of benzene rings is 1. The van der Waals surface area contributed by atoms with Crippen molar-refractivity contribution in [1.29, 1.82) is 0 Å². The quantitative estimate of drug-likeness (QED) is 0.709. The van der Waals surface area contributed by atoms with Crippen LogP contribution in [0.4, 0.5) is 0 Å². The predicted octanol–water partition coefficient (Wildman–Crippen LogP) is 0.831. The highest BCUT2D eigenvalue weighted by Crippen LogP contribution is 2.19. The van der Waals surface area contributed by atoms with Gasteiger partial charge in [-0.3, -0.25) is 0 Å². The standard InChI is InChI=1S/C12H10N4O3/c1-2-6-4-3-5-7-8(6)13-12(19)16-10(7)14-9(15-16)11(17)18/h3-5H,2H2,1H3,(H,13,19)(H,17,18). The number of aromatic nitrogens is 4. The number of H-pyrrole nitrogens is 1. The fourth-order valence-electron chi connectivity index (χ4n) is 2.11. The Hall–Kier alpha value is -2.70. The molecule has 96 valence electrons. The van der Waals surface area contributed by atoms with E-state index in [2.05, 4.69) is 15.1 Å². The largest absolute Gasteiger partial charge is 0.475 e. The van der Waals surface area contributed by atoms with Crippen LogP contribution in [0.5, 0.6) is 0 Å². The van der Waals surface area contributed by atoms with Crippen LogP contribution < -0.4 is 5.69 Å². The van der Waals surface area contributed by atoms with Gasteiger partial charge in [-0.15, -0.1) is 5.10 Å². The molecule has 0 spiro atoms. The van der Waals surface area contributed by atoms with Crippen molar-refractivity contribution in [2.24, 2.45) is 0 Å². The number of carboxylic acid groups (broad SMARTS) is 1. The lowest BCUT2D eigenvalue weighted by atomic mass is 10.1. The number of nitrogens with zero attached hydrogens (tertiary/aromatic N) is 3. The molecule has 0 fully saturated rings. The van der Waals surface area contributed by atoms with Crippen LogP contribution in [-0.4, -0.2) is 30.7 Å². The van der Waals surface area contributed by atoms with Crippen molar-refractivity contribution in [1.82, 2.24) is 19.6 Å². The van der Waals surface area contributed by atoms with Crippen LogP contribution in [0.15, 0.2) is 23.0 Å². The van der Waals surface area contributed by atoms with E-state index in [0.29, 0.717) is 10.9 Å². The number of hydrogen-bond acceptors (Lipinski definition) is 4. The maximum absolute atomic E-state index is 11.9. The molecule has 19 heavy (non-hydrogen) atoms. The Morgan fingerprint density at radius 2 is 2.26 bits per heavy atom. The van der Waals surface area contributed by atoms with Crippen LogP contribution in [0.25, 0.3) is 16.6 Å². The minimum Gasteiger partial charge on any atom is -0.475 e. The van der Waals surface area contributed by atoms with Crippen molar-refractivity contribution in [3.63, 3.8) is 0 Å². The number of aromatic amines is 1. The summed E-state index contributed by atoms with van der Waals surface area (Å²) in [5, 5.41) is 13.3. The normalized spacial score (nSPS) is 11.2. The molecule has 0 aliphatic rings. The average Bonchev–Trinajstić information content (AvgIpc) is 2.84. The van der Waals surface area contributed by atoms with E-state index in [0.717, 1.165) is 16.5 Å². The Labute approximate surface area is 106 Å². The molecule has 2 N–H and O–H groups in total. The van der Waals surface area contributed by atoms with Gasteiger partial charge in [-0.2, -0.15) is 4.52 Å². The molecule has 3 rings (SSSR count). The number of hydrogen-bond donors (Lipinski definition) is 2. The lowest BCUT2D eigenvalue weighted by Gasteiger charge is -2.03. The van der Waals surface area contributed by atoms with E-state index in [1.165, 1.54) is 0 Å². The van der Waals surface area contributed by atoms with Gasteiger partial charge in [0.2, 0.25) is 0 Å². The average molecular weight is 258 g/mol. The van der Waals surface area contributed by atoms with E-state index >= 15 is 0 Å². The van der Waals surface area contributed by atoms with Gasteiger partial charge in [-0.05, 0) is 18.1 Å². The van der Waals surface area contributed by atoms with Crippen LogP contribution >= 0.6 is 0 Å². The first-order valence-electron chi connectivity index (χ1n) is 5.75. The van der Waals surface area contributed by atoms with Gasteiger partial charge in [0.05, 0.1) is 5.52 Å². The molecule has 7 nitrogen and oxygen atoms in total. The van der Waals surface area contributed by atoms with Crippen LogP contribution in [0.1, 0.15) is 23.1 Å². The summed E-state index contributed by atoms with van der Waals surface area (Å²) in [5.74, 6) is -1.65. The van der Waals surface area contributed by atoms with E-state index < -0.39 is 11.7 Å². The first-order chi connectivity index (χ1) is 9.11. The maximum Gasteiger partial charge on any atom is 0.375 e. The predicted molar refractivity (Wildman–Crippen MR) is 67.5 cm³/mol. The molecule has 0 atom stereocenters. The smallest absolute Gasteiger partial charge is 0.375 e. The molecule has 3 aromatic rings. The van der Waals surface area contributed by atoms with Crippen molar-refractivity contribution >= 4 is 22.5 Å². The third kappa shape index (κ3) is 1.59. The number of nitrogens with one attached hydrogen (secondary N) is 1. The third-order valence-corrected chi connectivity index (χ3v) is 3.00. The molecule has 2 heterocycles. The second-order valence-corrected chi connectivity index (χ2v) is 4.10. The van der Waals surface area contributed by atoms with E-state index in [9.17, 15) is 9.59 Å². The van der Waals surface area contributed by atoms with Gasteiger partial charge in [0.15, 0.2) is 5.65 Å². The molecule has 2 aromatic heterocycles. The van der Waals surface area contributed by atoms with Crippen molar-refractivity contribution in [2.45, 2.75) is 13.3 Å². The summed E-state index contributed by atoms with van der Waals surface area (Å²) in [5.41, 5.74) is 1.40. The zero-order valence-electron chi connectivity index (χ0n) is 10.0. The fraction of sp³-hybridized carbons (Fsp3) is 0.167. The van der Waals surface area contributed by atoms with Gasteiger partial charge in [0, 0.05) is 5.39 Å². The zero-order chi connectivity index (χ0) is 13.6. The molecule has 0 saturated carbocycles. The number of aromatic carboxylic acids is 1. The SMILES string of the molecule is CCc1cccc2c1[nH]c(=O)n1nc(C(=O)O)nc21. The third-order valence-electron chi connectivity index (χ3n) is 3.00. The summed E-state index contributed by atoms with van der Waals surface area (Å²) in [4.78, 5) is 29.4. The van der Waals surface area contributed by atoms with Crippen molar-refractivity contribution in [3.8, 4) is 0 Å². The number of carbonyl (C=O) groups is 1. The Kier molecular flexibility index (Phi) is 2.34. The molecule has 0 bridgehead atoms. The summed E-state index contributed by atoms with van der Waals surface area (Å²) in [6.07, 6.45) is 0.753. The summed E-state index contributed by atoms with van der Waals surface area (Å²) in [6, 6.07) is 5.53. The van der Waals surface area contributed by atoms with E-state index in [4.69, 9.17) is 5.11 Å². The fourth-order valence-corrected chi connectivity index (χ4v) is 2.11. The lowest BCUT2D eigenvalue weighted by molar-refractivity contribution is 0.0684. The van der Waals surface area contributed by atoms with Crippen LogP contribution in [0, 0.1) is 0 Å². The van der Waals surface area contributed by atoms with E-state index in [1.54, 1.807) is 6.07 Å². The monoisotopic (exact) mass is 258 g/mol. The van der Waals surface area contributed by atoms with Gasteiger partial charge in [0.25, 0.3) is 5.82 Å². The lowest BCUT2D eigenvalue weighted by Crippen LogP contribution is -2.18. The molecular formula is C12H10N4O3. The minimum absolute atomic E-state index is 0.256.